The quantitative estimate of drug-likeness (QED) is 0.184. The van der Waals surface area contributed by atoms with Crippen LogP contribution in [0.15, 0.2) is 11.4 Å². The number of rotatable bonds is 11. The molecule has 10 nitrogen and oxygen atoms in total. The normalized spacial score (nSPS) is 10.8. The third-order valence-corrected chi connectivity index (χ3v) is 4.63. The summed E-state index contributed by atoms with van der Waals surface area (Å²) in [6.45, 7) is 5.65. The zero-order valence-electron chi connectivity index (χ0n) is 16.4. The zero-order chi connectivity index (χ0) is 20.4. The minimum Gasteiger partial charge on any atom is -0.459 e. The second-order valence-corrected chi connectivity index (χ2v) is 6.77. The van der Waals surface area contributed by atoms with E-state index in [0.717, 1.165) is 17.6 Å². The molecule has 2 heterocycles. The SMILES string of the molecule is CCCSc1nc(NCCOC)c2cnn(CCNC(=O)C(=O)OCC)c2n1. The van der Waals surface area contributed by atoms with Crippen molar-refractivity contribution in [3.8, 4) is 0 Å². The molecule has 0 aliphatic carbocycles. The number of carbonyl (C=O) groups is 2. The van der Waals surface area contributed by atoms with Crippen molar-refractivity contribution in [2.45, 2.75) is 32.0 Å². The number of amides is 1. The molecule has 0 aromatic carbocycles. The molecule has 0 aliphatic heterocycles. The molecule has 28 heavy (non-hydrogen) atoms. The number of esters is 1. The largest absolute Gasteiger partial charge is 0.459 e. The van der Waals surface area contributed by atoms with Crippen LogP contribution in [0.1, 0.15) is 20.3 Å². The molecule has 0 spiro atoms. The average Bonchev–Trinajstić information content (AvgIpc) is 3.09. The fraction of sp³-hybridized carbons (Fsp3) is 0.588. The van der Waals surface area contributed by atoms with Crippen LogP contribution in [-0.4, -0.2) is 70.8 Å². The third kappa shape index (κ3) is 6.06. The highest BCUT2D eigenvalue weighted by atomic mass is 32.2. The van der Waals surface area contributed by atoms with Crippen LogP contribution < -0.4 is 10.6 Å². The summed E-state index contributed by atoms with van der Waals surface area (Å²) in [6.07, 6.45) is 2.70. The van der Waals surface area contributed by atoms with Gasteiger partial charge in [0.25, 0.3) is 0 Å². The van der Waals surface area contributed by atoms with E-state index in [0.29, 0.717) is 36.3 Å². The Labute approximate surface area is 167 Å². The number of fused-ring (bicyclic) bond motifs is 1. The number of thioether (sulfide) groups is 1. The van der Waals surface area contributed by atoms with E-state index in [-0.39, 0.29) is 13.2 Å². The van der Waals surface area contributed by atoms with Gasteiger partial charge in [0.2, 0.25) is 0 Å². The van der Waals surface area contributed by atoms with Crippen LogP contribution in [0.2, 0.25) is 0 Å². The molecule has 154 valence electrons. The topological polar surface area (TPSA) is 120 Å². The van der Waals surface area contributed by atoms with Gasteiger partial charge < -0.3 is 20.1 Å². The fourth-order valence-corrected chi connectivity index (χ4v) is 3.00. The van der Waals surface area contributed by atoms with E-state index in [2.05, 4.69) is 37.4 Å². The van der Waals surface area contributed by atoms with Crippen molar-refractivity contribution in [3.05, 3.63) is 6.20 Å². The minimum absolute atomic E-state index is 0.157. The van der Waals surface area contributed by atoms with Crippen molar-refractivity contribution in [2.24, 2.45) is 0 Å². The Bertz CT molecular complexity index is 797. The Kier molecular flexibility index (Phi) is 8.95. The lowest BCUT2D eigenvalue weighted by Crippen LogP contribution is -2.34. The first-order chi connectivity index (χ1) is 13.6. The van der Waals surface area contributed by atoms with E-state index in [9.17, 15) is 9.59 Å². The Balaban J connectivity index is 2.13. The van der Waals surface area contributed by atoms with Gasteiger partial charge in [0.15, 0.2) is 10.8 Å². The van der Waals surface area contributed by atoms with Gasteiger partial charge in [-0.25, -0.2) is 19.4 Å². The molecular weight excluding hydrogens is 384 g/mol. The van der Waals surface area contributed by atoms with Gasteiger partial charge in [-0.2, -0.15) is 5.10 Å². The Hall–Kier alpha value is -2.40. The number of anilines is 1. The van der Waals surface area contributed by atoms with Crippen LogP contribution in [0.5, 0.6) is 0 Å². The van der Waals surface area contributed by atoms with Crippen LogP contribution in [-0.2, 0) is 25.6 Å². The second kappa shape index (κ2) is 11.4. The van der Waals surface area contributed by atoms with Crippen molar-refractivity contribution in [1.29, 1.82) is 0 Å². The molecule has 0 fully saturated rings. The zero-order valence-corrected chi connectivity index (χ0v) is 17.2. The summed E-state index contributed by atoms with van der Waals surface area (Å²) in [5.74, 6) is -0.0539. The van der Waals surface area contributed by atoms with Crippen molar-refractivity contribution >= 4 is 40.5 Å². The van der Waals surface area contributed by atoms with Gasteiger partial charge in [-0.3, -0.25) is 4.79 Å². The van der Waals surface area contributed by atoms with Gasteiger partial charge in [0, 0.05) is 26.0 Å². The highest BCUT2D eigenvalue weighted by Gasteiger charge is 2.16. The first kappa shape index (κ1) is 21.9. The highest BCUT2D eigenvalue weighted by molar-refractivity contribution is 7.99. The fourth-order valence-electron chi connectivity index (χ4n) is 2.31. The number of nitrogens with one attached hydrogen (secondary N) is 2. The predicted molar refractivity (Wildman–Crippen MR) is 106 cm³/mol. The molecule has 2 aromatic heterocycles. The molecule has 1 amide bonds. The van der Waals surface area contributed by atoms with Crippen LogP contribution in [0.4, 0.5) is 5.82 Å². The summed E-state index contributed by atoms with van der Waals surface area (Å²) in [5, 5.41) is 11.6. The number of carbonyl (C=O) groups excluding carboxylic acids is 2. The van der Waals surface area contributed by atoms with Crippen LogP contribution in [0, 0.1) is 0 Å². The number of hydrogen-bond donors (Lipinski definition) is 2. The lowest BCUT2D eigenvalue weighted by atomic mass is 10.4. The minimum atomic E-state index is -0.891. The third-order valence-electron chi connectivity index (χ3n) is 3.58. The Morgan fingerprint density at radius 3 is 2.79 bits per heavy atom. The molecule has 0 radical (unpaired) electrons. The average molecular weight is 411 g/mol. The van der Waals surface area contributed by atoms with Crippen molar-refractivity contribution in [3.63, 3.8) is 0 Å². The van der Waals surface area contributed by atoms with Crippen molar-refractivity contribution in [2.75, 3.05) is 44.5 Å². The Morgan fingerprint density at radius 1 is 1.25 bits per heavy atom. The molecule has 0 aliphatic rings. The van der Waals surface area contributed by atoms with E-state index in [1.54, 1.807) is 36.7 Å². The van der Waals surface area contributed by atoms with E-state index in [4.69, 9.17) is 4.74 Å². The number of methoxy groups -OCH3 is 1. The van der Waals surface area contributed by atoms with Gasteiger partial charge >= 0.3 is 11.9 Å². The first-order valence-electron chi connectivity index (χ1n) is 9.14. The van der Waals surface area contributed by atoms with Gasteiger partial charge in [-0.1, -0.05) is 18.7 Å². The van der Waals surface area contributed by atoms with Gasteiger partial charge in [0.1, 0.15) is 5.82 Å². The lowest BCUT2D eigenvalue weighted by Gasteiger charge is -2.09. The summed E-state index contributed by atoms with van der Waals surface area (Å²) < 4.78 is 11.4. The first-order valence-corrected chi connectivity index (χ1v) is 10.1. The number of nitrogens with zero attached hydrogens (tertiary/aromatic N) is 4. The van der Waals surface area contributed by atoms with Crippen LogP contribution in [0.3, 0.4) is 0 Å². The van der Waals surface area contributed by atoms with E-state index in [1.165, 1.54) is 0 Å². The summed E-state index contributed by atoms with van der Waals surface area (Å²) in [4.78, 5) is 32.2. The maximum atomic E-state index is 11.6. The van der Waals surface area contributed by atoms with Gasteiger partial charge in [-0.15, -0.1) is 0 Å². The molecule has 0 bridgehead atoms. The molecule has 2 rings (SSSR count). The molecule has 2 aromatic rings. The molecular formula is C17H26N6O4S. The summed E-state index contributed by atoms with van der Waals surface area (Å²) in [6, 6.07) is 0. The molecule has 0 saturated carbocycles. The molecule has 0 saturated heterocycles. The predicted octanol–water partition coefficient (Wildman–Crippen LogP) is 1.07. The maximum absolute atomic E-state index is 11.6. The summed E-state index contributed by atoms with van der Waals surface area (Å²) in [7, 11) is 1.64. The lowest BCUT2D eigenvalue weighted by molar-refractivity contribution is -0.154. The Morgan fingerprint density at radius 2 is 2.07 bits per heavy atom. The van der Waals surface area contributed by atoms with Gasteiger partial charge in [-0.05, 0) is 13.3 Å². The van der Waals surface area contributed by atoms with Crippen LogP contribution in [0.25, 0.3) is 11.0 Å². The van der Waals surface area contributed by atoms with Crippen molar-refractivity contribution in [1.82, 2.24) is 25.1 Å². The van der Waals surface area contributed by atoms with E-state index in [1.807, 2.05) is 0 Å². The van der Waals surface area contributed by atoms with E-state index >= 15 is 0 Å². The monoisotopic (exact) mass is 410 g/mol. The number of hydrogen-bond acceptors (Lipinski definition) is 9. The summed E-state index contributed by atoms with van der Waals surface area (Å²) in [5.41, 5.74) is 0.666. The number of ether oxygens (including phenoxy) is 2. The molecule has 0 atom stereocenters. The summed E-state index contributed by atoms with van der Waals surface area (Å²) >= 11 is 1.57. The van der Waals surface area contributed by atoms with E-state index < -0.39 is 11.9 Å². The van der Waals surface area contributed by atoms with Crippen LogP contribution >= 0.6 is 11.8 Å². The molecule has 2 N–H and O–H groups in total. The smallest absolute Gasteiger partial charge is 0.396 e. The highest BCUT2D eigenvalue weighted by Crippen LogP contribution is 2.24. The van der Waals surface area contributed by atoms with Crippen molar-refractivity contribution < 1.29 is 19.1 Å². The van der Waals surface area contributed by atoms with Gasteiger partial charge in [0.05, 0.1) is 31.3 Å². The molecule has 0 unspecified atom stereocenters. The molecule has 11 heteroatoms. The second-order valence-electron chi connectivity index (χ2n) is 5.70. The maximum Gasteiger partial charge on any atom is 0.396 e. The number of aromatic nitrogens is 4. The standard InChI is InChI=1S/C17H26N6O4S/c1-4-10-28-17-21-13(18-7-9-26-3)12-11-20-23(14(12)22-17)8-6-19-15(24)16(25)27-5-2/h11H,4-10H2,1-3H3,(H,19,24)(H,18,21,22).